The second kappa shape index (κ2) is 7.39. The smallest absolute Gasteiger partial charge is 0.170 e. The molecule has 0 aromatic carbocycles. The second-order valence-electron chi connectivity index (χ2n) is 7.76. The van der Waals surface area contributed by atoms with E-state index < -0.39 is 0 Å². The molecule has 26 heavy (non-hydrogen) atoms. The molecule has 1 saturated heterocycles. The molecule has 4 nitrogen and oxygen atoms in total. The second-order valence-corrected chi connectivity index (χ2v) is 8.15. The van der Waals surface area contributed by atoms with Crippen LogP contribution in [0.5, 0.6) is 0 Å². The van der Waals surface area contributed by atoms with Crippen LogP contribution in [0.4, 0.5) is 0 Å². The Kier molecular flexibility index (Phi) is 4.98. The topological polar surface area (TPSA) is 33.1 Å². The van der Waals surface area contributed by atoms with Gasteiger partial charge in [-0.15, -0.1) is 0 Å². The van der Waals surface area contributed by atoms with Crippen LogP contribution in [-0.2, 0) is 0 Å². The number of rotatable bonds is 4. The molecule has 2 aromatic rings. The van der Waals surface area contributed by atoms with Crippen LogP contribution in [0.1, 0.15) is 75.5 Å². The summed E-state index contributed by atoms with van der Waals surface area (Å²) in [5, 5.41) is 4.49. The number of nitrogens with one attached hydrogen (secondary N) is 1. The van der Waals surface area contributed by atoms with Gasteiger partial charge in [0.1, 0.15) is 0 Å². The number of hydrogen-bond acceptors (Lipinski definition) is 2. The third-order valence-electron chi connectivity index (χ3n) is 5.77. The van der Waals surface area contributed by atoms with Gasteiger partial charge in [0.2, 0.25) is 0 Å². The summed E-state index contributed by atoms with van der Waals surface area (Å²) in [6, 6.07) is 11.8. The molecule has 0 bridgehead atoms. The quantitative estimate of drug-likeness (QED) is 0.788. The lowest BCUT2D eigenvalue weighted by molar-refractivity contribution is 0.190. The van der Waals surface area contributed by atoms with Gasteiger partial charge >= 0.3 is 0 Å². The molecule has 2 aliphatic rings. The highest BCUT2D eigenvalue weighted by Crippen LogP contribution is 2.42. The molecule has 4 rings (SSSR count). The first-order valence-corrected chi connectivity index (χ1v) is 10.2. The molecular formula is C21H28N4S. The largest absolute Gasteiger partial charge is 0.352 e. The molecule has 5 heteroatoms. The summed E-state index contributed by atoms with van der Waals surface area (Å²) in [4.78, 5) is 7.14. The van der Waals surface area contributed by atoms with E-state index in [0.29, 0.717) is 12.1 Å². The van der Waals surface area contributed by atoms with Crippen LogP contribution in [0, 0.1) is 0 Å². The van der Waals surface area contributed by atoms with Crippen molar-refractivity contribution in [3.63, 3.8) is 0 Å². The Morgan fingerprint density at radius 2 is 1.92 bits per heavy atom. The first-order chi connectivity index (χ1) is 12.7. The van der Waals surface area contributed by atoms with Crippen LogP contribution in [0.2, 0.25) is 0 Å². The third kappa shape index (κ3) is 3.13. The van der Waals surface area contributed by atoms with E-state index in [1.165, 1.54) is 37.8 Å². The Morgan fingerprint density at radius 3 is 2.62 bits per heavy atom. The molecule has 138 valence electrons. The molecule has 0 radical (unpaired) electrons. The highest BCUT2D eigenvalue weighted by molar-refractivity contribution is 7.80. The molecule has 1 N–H and O–H groups in total. The molecular weight excluding hydrogens is 340 g/mol. The summed E-state index contributed by atoms with van der Waals surface area (Å²) in [6.07, 6.45) is 10.5. The molecule has 2 fully saturated rings. The van der Waals surface area contributed by atoms with Crippen LogP contribution in [-0.4, -0.2) is 25.6 Å². The SMILES string of the molecule is CC(C)n1cccc1[C@@H]1[C@@H](c2ccccn2)NC(=S)N1C1CCCCC1. The van der Waals surface area contributed by atoms with Gasteiger partial charge in [-0.1, -0.05) is 25.3 Å². The summed E-state index contributed by atoms with van der Waals surface area (Å²) in [5.41, 5.74) is 2.39. The lowest BCUT2D eigenvalue weighted by atomic mass is 9.91. The average molecular weight is 369 g/mol. The van der Waals surface area contributed by atoms with Crippen LogP contribution < -0.4 is 5.32 Å². The van der Waals surface area contributed by atoms with Crippen molar-refractivity contribution < 1.29 is 0 Å². The van der Waals surface area contributed by atoms with E-state index in [0.717, 1.165) is 10.8 Å². The van der Waals surface area contributed by atoms with Crippen LogP contribution in [0.15, 0.2) is 42.7 Å². The zero-order chi connectivity index (χ0) is 18.1. The molecule has 0 amide bonds. The Balaban J connectivity index is 1.77. The van der Waals surface area contributed by atoms with Gasteiger partial charge in [0.05, 0.1) is 17.8 Å². The van der Waals surface area contributed by atoms with Gasteiger partial charge in [0.15, 0.2) is 5.11 Å². The van der Waals surface area contributed by atoms with E-state index in [-0.39, 0.29) is 12.1 Å². The van der Waals surface area contributed by atoms with Crippen molar-refractivity contribution in [1.29, 1.82) is 0 Å². The summed E-state index contributed by atoms with van der Waals surface area (Å²) in [5.74, 6) is 0. The van der Waals surface area contributed by atoms with Crippen molar-refractivity contribution >= 4 is 17.3 Å². The van der Waals surface area contributed by atoms with Crippen LogP contribution >= 0.6 is 12.2 Å². The van der Waals surface area contributed by atoms with Gasteiger partial charge in [0.25, 0.3) is 0 Å². The van der Waals surface area contributed by atoms with E-state index in [4.69, 9.17) is 12.2 Å². The van der Waals surface area contributed by atoms with Gasteiger partial charge in [-0.3, -0.25) is 4.98 Å². The zero-order valence-corrected chi connectivity index (χ0v) is 16.5. The van der Waals surface area contributed by atoms with Crippen molar-refractivity contribution in [1.82, 2.24) is 19.8 Å². The Labute approximate surface area is 161 Å². The molecule has 1 saturated carbocycles. The summed E-state index contributed by atoms with van der Waals surface area (Å²) in [6.45, 7) is 4.48. The van der Waals surface area contributed by atoms with Crippen molar-refractivity contribution in [3.8, 4) is 0 Å². The van der Waals surface area contributed by atoms with Gasteiger partial charge in [0, 0.05) is 30.2 Å². The maximum Gasteiger partial charge on any atom is 0.170 e. The zero-order valence-electron chi connectivity index (χ0n) is 15.6. The monoisotopic (exact) mass is 368 g/mol. The minimum absolute atomic E-state index is 0.0954. The fraction of sp³-hybridized carbons (Fsp3) is 0.524. The van der Waals surface area contributed by atoms with Crippen LogP contribution in [0.3, 0.4) is 0 Å². The molecule has 3 heterocycles. The minimum Gasteiger partial charge on any atom is -0.352 e. The number of pyridine rings is 1. The maximum absolute atomic E-state index is 5.84. The van der Waals surface area contributed by atoms with Gasteiger partial charge in [-0.2, -0.15) is 0 Å². The van der Waals surface area contributed by atoms with E-state index >= 15 is 0 Å². The highest BCUT2D eigenvalue weighted by Gasteiger charge is 2.44. The Morgan fingerprint density at radius 1 is 1.12 bits per heavy atom. The van der Waals surface area contributed by atoms with Crippen molar-refractivity contribution in [2.45, 2.75) is 70.1 Å². The minimum atomic E-state index is 0.0954. The predicted molar refractivity (Wildman–Crippen MR) is 109 cm³/mol. The average Bonchev–Trinajstić information content (AvgIpc) is 3.27. The van der Waals surface area contributed by atoms with Crippen molar-refractivity contribution in [2.75, 3.05) is 0 Å². The normalized spacial score (nSPS) is 24.3. The molecule has 0 unspecified atom stereocenters. The van der Waals surface area contributed by atoms with E-state index in [2.05, 4.69) is 64.1 Å². The lowest BCUT2D eigenvalue weighted by Crippen LogP contribution is -2.41. The third-order valence-corrected chi connectivity index (χ3v) is 6.10. The standard InChI is InChI=1S/C21H28N4S/c1-15(2)24-14-8-12-18(24)20-19(17-11-6-7-13-22-17)23-21(26)25(20)16-9-4-3-5-10-16/h6-8,11-16,19-20H,3-5,9-10H2,1-2H3,(H,23,26)/t19-,20-/m1/s1. The first kappa shape index (κ1) is 17.5. The molecule has 0 spiro atoms. The van der Waals surface area contributed by atoms with E-state index in [1.54, 1.807) is 0 Å². The van der Waals surface area contributed by atoms with Gasteiger partial charge in [-0.05, 0) is 63.2 Å². The van der Waals surface area contributed by atoms with Crippen molar-refractivity contribution in [2.24, 2.45) is 0 Å². The fourth-order valence-electron chi connectivity index (χ4n) is 4.56. The lowest BCUT2D eigenvalue weighted by Gasteiger charge is -2.37. The predicted octanol–water partition coefficient (Wildman–Crippen LogP) is 4.77. The van der Waals surface area contributed by atoms with E-state index in [9.17, 15) is 0 Å². The number of hydrogen-bond donors (Lipinski definition) is 1. The number of aromatic nitrogens is 2. The van der Waals surface area contributed by atoms with Gasteiger partial charge < -0.3 is 14.8 Å². The summed E-state index contributed by atoms with van der Waals surface area (Å²) < 4.78 is 2.38. The molecule has 1 aliphatic carbocycles. The Hall–Kier alpha value is -1.88. The molecule has 2 aromatic heterocycles. The number of nitrogens with zero attached hydrogens (tertiary/aromatic N) is 3. The Bertz CT molecular complexity index is 748. The molecule has 2 atom stereocenters. The van der Waals surface area contributed by atoms with Crippen LogP contribution in [0.25, 0.3) is 0 Å². The maximum atomic E-state index is 5.84. The molecule has 1 aliphatic heterocycles. The summed E-state index contributed by atoms with van der Waals surface area (Å²) >= 11 is 5.84. The summed E-state index contributed by atoms with van der Waals surface area (Å²) in [7, 11) is 0. The van der Waals surface area contributed by atoms with Gasteiger partial charge in [-0.25, -0.2) is 0 Å². The van der Waals surface area contributed by atoms with E-state index in [1.807, 2.05) is 12.3 Å². The van der Waals surface area contributed by atoms with Crippen molar-refractivity contribution in [3.05, 3.63) is 54.1 Å². The highest BCUT2D eigenvalue weighted by atomic mass is 32.1. The first-order valence-electron chi connectivity index (χ1n) is 9.83. The number of thiocarbonyl (C=S) groups is 1. The fourth-order valence-corrected chi connectivity index (χ4v) is 4.95.